The number of aromatic nitrogens is 4. The van der Waals surface area contributed by atoms with Crippen molar-refractivity contribution in [1.29, 1.82) is 0 Å². The number of para-hydroxylation sites is 1. The molecule has 7 aromatic rings. The minimum absolute atomic E-state index is 0.557. The molecule has 7 rings (SSSR count). The third kappa shape index (κ3) is 3.48. The lowest BCUT2D eigenvalue weighted by Crippen LogP contribution is -2.01. The first-order valence-electron chi connectivity index (χ1n) is 11.9. The first kappa shape index (κ1) is 20.4. The van der Waals surface area contributed by atoms with Crippen LogP contribution in [0.4, 0.5) is 0 Å². The maximum atomic E-state index is 4.98. The quantitative estimate of drug-likeness (QED) is 0.253. The largest absolute Gasteiger partial charge is 0.244 e. The van der Waals surface area contributed by atoms with Crippen molar-refractivity contribution in [2.75, 3.05) is 0 Å². The zero-order valence-electron chi connectivity index (χ0n) is 19.3. The van der Waals surface area contributed by atoms with Crippen LogP contribution < -0.4 is 0 Å². The number of benzene rings is 5. The van der Waals surface area contributed by atoms with Crippen LogP contribution in [0, 0.1) is 0 Å². The molecule has 0 fully saturated rings. The summed E-state index contributed by atoms with van der Waals surface area (Å²) in [5, 5.41) is 5.74. The Balaban J connectivity index is 1.52. The fraction of sp³-hybridized carbons (Fsp3) is 0. The lowest BCUT2D eigenvalue weighted by molar-refractivity contribution is 1.06. The number of fused-ring (bicyclic) bond motifs is 4. The monoisotopic (exact) mass is 460 g/mol. The summed E-state index contributed by atoms with van der Waals surface area (Å²) < 4.78 is 0. The average Bonchev–Trinajstić information content (AvgIpc) is 2.96. The number of rotatable bonds is 3. The second-order valence-electron chi connectivity index (χ2n) is 8.75. The Morgan fingerprint density at radius 1 is 0.389 bits per heavy atom. The topological polar surface area (TPSA) is 51.6 Å². The molecule has 0 aliphatic rings. The third-order valence-electron chi connectivity index (χ3n) is 6.50. The Hall–Kier alpha value is -4.96. The SMILES string of the molecule is c1ccc(-c2nc(-c3ccc4ccccc4n3)nc(-c3cc4ccccc4c4ccccc34)n2)cc1. The van der Waals surface area contributed by atoms with E-state index in [1.165, 1.54) is 10.8 Å². The van der Waals surface area contributed by atoms with Gasteiger partial charge in [-0.25, -0.2) is 19.9 Å². The third-order valence-corrected chi connectivity index (χ3v) is 6.50. The Morgan fingerprint density at radius 2 is 1.03 bits per heavy atom. The van der Waals surface area contributed by atoms with Gasteiger partial charge in [-0.15, -0.1) is 0 Å². The highest BCUT2D eigenvalue weighted by molar-refractivity contribution is 6.13. The lowest BCUT2D eigenvalue weighted by Gasteiger charge is -2.12. The molecule has 36 heavy (non-hydrogen) atoms. The molecule has 0 unspecified atom stereocenters. The van der Waals surface area contributed by atoms with E-state index in [-0.39, 0.29) is 0 Å². The standard InChI is InChI=1S/C32H20N4/c1-2-11-22(12-3-1)30-34-31(36-32(35-30)29-19-18-21-10-5-9-17-28(21)33-29)27-20-23-13-4-6-14-24(23)25-15-7-8-16-26(25)27/h1-20H. The summed E-state index contributed by atoms with van der Waals surface area (Å²) >= 11 is 0. The van der Waals surface area contributed by atoms with Crippen LogP contribution in [0.3, 0.4) is 0 Å². The van der Waals surface area contributed by atoms with Crippen LogP contribution in [0.2, 0.25) is 0 Å². The van der Waals surface area contributed by atoms with Crippen molar-refractivity contribution in [3.63, 3.8) is 0 Å². The average molecular weight is 461 g/mol. The lowest BCUT2D eigenvalue weighted by atomic mass is 9.97. The van der Waals surface area contributed by atoms with Gasteiger partial charge in [0.1, 0.15) is 5.69 Å². The van der Waals surface area contributed by atoms with Crippen LogP contribution in [0.1, 0.15) is 0 Å². The van der Waals surface area contributed by atoms with Crippen molar-refractivity contribution < 1.29 is 0 Å². The van der Waals surface area contributed by atoms with Gasteiger partial charge in [-0.1, -0.05) is 103 Å². The van der Waals surface area contributed by atoms with Crippen LogP contribution in [-0.4, -0.2) is 19.9 Å². The first-order valence-corrected chi connectivity index (χ1v) is 11.9. The molecule has 0 aliphatic heterocycles. The van der Waals surface area contributed by atoms with Gasteiger partial charge in [0.05, 0.1) is 5.52 Å². The van der Waals surface area contributed by atoms with E-state index in [9.17, 15) is 0 Å². The summed E-state index contributed by atoms with van der Waals surface area (Å²) in [5.74, 6) is 1.82. The van der Waals surface area contributed by atoms with Gasteiger partial charge in [-0.3, -0.25) is 0 Å². The van der Waals surface area contributed by atoms with E-state index in [2.05, 4.69) is 66.7 Å². The molecule has 0 amide bonds. The molecule has 0 saturated carbocycles. The second-order valence-corrected chi connectivity index (χ2v) is 8.75. The van der Waals surface area contributed by atoms with Gasteiger partial charge < -0.3 is 0 Å². The van der Waals surface area contributed by atoms with E-state index in [1.807, 2.05) is 54.6 Å². The van der Waals surface area contributed by atoms with Crippen molar-refractivity contribution in [3.05, 3.63) is 121 Å². The fourth-order valence-electron chi connectivity index (χ4n) is 4.76. The van der Waals surface area contributed by atoms with Crippen LogP contribution in [-0.2, 0) is 0 Å². The van der Waals surface area contributed by atoms with E-state index in [4.69, 9.17) is 19.9 Å². The smallest absolute Gasteiger partial charge is 0.182 e. The van der Waals surface area contributed by atoms with Crippen molar-refractivity contribution >= 4 is 32.4 Å². The number of pyridine rings is 1. The highest BCUT2D eigenvalue weighted by Crippen LogP contribution is 2.34. The van der Waals surface area contributed by atoms with Gasteiger partial charge in [-0.05, 0) is 39.7 Å². The Morgan fingerprint density at radius 3 is 1.89 bits per heavy atom. The molecule has 0 N–H and O–H groups in total. The molecule has 5 aromatic carbocycles. The molecule has 0 saturated heterocycles. The van der Waals surface area contributed by atoms with Crippen molar-refractivity contribution in [1.82, 2.24) is 19.9 Å². The van der Waals surface area contributed by atoms with E-state index in [0.717, 1.165) is 38.5 Å². The Bertz CT molecular complexity index is 1890. The summed E-state index contributed by atoms with van der Waals surface area (Å²) in [6.45, 7) is 0. The number of hydrogen-bond donors (Lipinski definition) is 0. The maximum absolute atomic E-state index is 4.98. The summed E-state index contributed by atoms with van der Waals surface area (Å²) in [6, 6.07) is 41.2. The molecule has 2 heterocycles. The van der Waals surface area contributed by atoms with E-state index in [0.29, 0.717) is 17.5 Å². The van der Waals surface area contributed by atoms with Crippen molar-refractivity contribution in [3.8, 4) is 34.3 Å². The molecule has 0 spiro atoms. The summed E-state index contributed by atoms with van der Waals surface area (Å²) in [4.78, 5) is 19.7. The van der Waals surface area contributed by atoms with E-state index in [1.54, 1.807) is 0 Å². The van der Waals surface area contributed by atoms with Crippen LogP contribution in [0.15, 0.2) is 121 Å². The molecule has 4 heteroatoms. The molecular weight excluding hydrogens is 440 g/mol. The van der Waals surface area contributed by atoms with Crippen LogP contribution >= 0.6 is 0 Å². The summed E-state index contributed by atoms with van der Waals surface area (Å²) in [6.07, 6.45) is 0. The van der Waals surface area contributed by atoms with Gasteiger partial charge in [0.2, 0.25) is 0 Å². The predicted octanol–water partition coefficient (Wildman–Crippen LogP) is 7.73. The van der Waals surface area contributed by atoms with E-state index >= 15 is 0 Å². The molecule has 0 aliphatic carbocycles. The number of nitrogens with zero attached hydrogens (tertiary/aromatic N) is 4. The molecule has 168 valence electrons. The molecule has 2 aromatic heterocycles. The highest BCUT2D eigenvalue weighted by atomic mass is 15.0. The first-order chi connectivity index (χ1) is 17.8. The number of hydrogen-bond acceptors (Lipinski definition) is 4. The van der Waals surface area contributed by atoms with Crippen molar-refractivity contribution in [2.24, 2.45) is 0 Å². The highest BCUT2D eigenvalue weighted by Gasteiger charge is 2.16. The van der Waals surface area contributed by atoms with Crippen LogP contribution in [0.5, 0.6) is 0 Å². The Kier molecular flexibility index (Phi) is 4.74. The normalized spacial score (nSPS) is 11.3. The zero-order valence-corrected chi connectivity index (χ0v) is 19.3. The van der Waals surface area contributed by atoms with Gasteiger partial charge in [0, 0.05) is 16.5 Å². The fourth-order valence-corrected chi connectivity index (χ4v) is 4.76. The molecule has 0 atom stereocenters. The van der Waals surface area contributed by atoms with E-state index < -0.39 is 0 Å². The molecule has 0 radical (unpaired) electrons. The molecular formula is C32H20N4. The Labute approximate surface area is 208 Å². The minimum Gasteiger partial charge on any atom is -0.244 e. The molecule has 0 bridgehead atoms. The zero-order chi connectivity index (χ0) is 23.9. The van der Waals surface area contributed by atoms with Gasteiger partial charge in [-0.2, -0.15) is 0 Å². The summed E-state index contributed by atoms with van der Waals surface area (Å²) in [7, 11) is 0. The predicted molar refractivity (Wildman–Crippen MR) is 146 cm³/mol. The van der Waals surface area contributed by atoms with Crippen molar-refractivity contribution in [2.45, 2.75) is 0 Å². The molecule has 4 nitrogen and oxygen atoms in total. The second kappa shape index (κ2) is 8.36. The van der Waals surface area contributed by atoms with Gasteiger partial charge >= 0.3 is 0 Å². The maximum Gasteiger partial charge on any atom is 0.182 e. The summed E-state index contributed by atoms with van der Waals surface area (Å²) in [5.41, 5.74) is 3.55. The minimum atomic E-state index is 0.557. The van der Waals surface area contributed by atoms with Crippen LogP contribution in [0.25, 0.3) is 66.7 Å². The van der Waals surface area contributed by atoms with Gasteiger partial charge in [0.15, 0.2) is 17.5 Å². The van der Waals surface area contributed by atoms with Gasteiger partial charge in [0.25, 0.3) is 0 Å².